The Kier molecular flexibility index (Phi) is 4.80. The molecule has 4 rings (SSSR count). The molecule has 1 aliphatic carbocycles. The maximum Gasteiger partial charge on any atom is 0.241 e. The van der Waals surface area contributed by atoms with Crippen molar-refractivity contribution in [2.75, 3.05) is 50.1 Å². The van der Waals surface area contributed by atoms with Gasteiger partial charge in [0, 0.05) is 49.7 Å². The number of rotatable bonds is 5. The van der Waals surface area contributed by atoms with E-state index in [1.807, 2.05) is 18.0 Å². The number of benzene rings is 1. The van der Waals surface area contributed by atoms with Crippen LogP contribution in [0.25, 0.3) is 0 Å². The molecule has 1 aromatic carbocycles. The number of carbonyl (C=O) groups is 1. The Morgan fingerprint density at radius 3 is 2.59 bits per heavy atom. The molecule has 1 saturated carbocycles. The molecule has 0 atom stereocenters. The van der Waals surface area contributed by atoms with Crippen molar-refractivity contribution < 1.29 is 4.79 Å². The van der Waals surface area contributed by atoms with Crippen LogP contribution in [0.5, 0.6) is 0 Å². The quantitative estimate of drug-likeness (QED) is 0.730. The van der Waals surface area contributed by atoms with Crippen LogP contribution in [0, 0.1) is 0 Å². The average Bonchev–Trinajstić information content (AvgIpc) is 3.45. The van der Waals surface area contributed by atoms with E-state index < -0.39 is 0 Å². The Bertz CT molecular complexity index is 837. The molecule has 2 heterocycles. The predicted octanol–water partition coefficient (Wildman–Crippen LogP) is 2.69. The number of nitrogens with zero attached hydrogens (tertiary/aromatic N) is 5. The number of amides is 1. The highest BCUT2D eigenvalue weighted by molar-refractivity contribution is 9.10. The first-order chi connectivity index (χ1) is 13.0. The summed E-state index contributed by atoms with van der Waals surface area (Å²) in [6, 6.07) is 10.7. The van der Waals surface area contributed by atoms with Crippen LogP contribution in [0.15, 0.2) is 41.1 Å². The van der Waals surface area contributed by atoms with E-state index in [0.29, 0.717) is 6.54 Å². The first-order valence-corrected chi connectivity index (χ1v) is 10.0. The molecular formula is C20H24BrN5O. The molecule has 2 aliphatic rings. The molecule has 1 amide bonds. The number of piperazine rings is 1. The second kappa shape index (κ2) is 7.11. The fourth-order valence-corrected chi connectivity index (χ4v) is 3.96. The molecule has 6 nitrogen and oxygen atoms in total. The van der Waals surface area contributed by atoms with E-state index in [0.717, 1.165) is 35.7 Å². The molecule has 27 heavy (non-hydrogen) atoms. The van der Waals surface area contributed by atoms with Gasteiger partial charge in [0.15, 0.2) is 0 Å². The average molecular weight is 430 g/mol. The smallest absolute Gasteiger partial charge is 0.241 e. The van der Waals surface area contributed by atoms with Crippen molar-refractivity contribution >= 4 is 33.5 Å². The summed E-state index contributed by atoms with van der Waals surface area (Å²) in [5, 5.41) is 0. The van der Waals surface area contributed by atoms with Crippen LogP contribution in [-0.4, -0.2) is 61.0 Å². The van der Waals surface area contributed by atoms with Gasteiger partial charge in [-0.25, -0.2) is 9.97 Å². The van der Waals surface area contributed by atoms with Gasteiger partial charge in [-0.05, 0) is 30.5 Å². The van der Waals surface area contributed by atoms with Crippen LogP contribution in [0.3, 0.4) is 0 Å². The van der Waals surface area contributed by atoms with E-state index in [9.17, 15) is 4.79 Å². The zero-order valence-electron chi connectivity index (χ0n) is 15.7. The van der Waals surface area contributed by atoms with Crippen molar-refractivity contribution in [3.05, 3.63) is 46.7 Å². The van der Waals surface area contributed by atoms with Gasteiger partial charge in [0.05, 0.1) is 6.54 Å². The van der Waals surface area contributed by atoms with E-state index in [4.69, 9.17) is 0 Å². The van der Waals surface area contributed by atoms with Crippen molar-refractivity contribution in [2.45, 2.75) is 18.3 Å². The highest BCUT2D eigenvalue weighted by atomic mass is 79.9. The molecule has 0 radical (unpaired) electrons. The van der Waals surface area contributed by atoms with Gasteiger partial charge in [-0.1, -0.05) is 28.1 Å². The standard InChI is InChI=1S/C20H24BrN5O/c1-24-9-10-26(12-19(24)27)18-11-17(22-14-23-18)25(2)13-20(7-8-20)15-3-5-16(21)6-4-15/h3-6,11,14H,7-10,12-13H2,1-2H3. The van der Waals surface area contributed by atoms with Crippen LogP contribution in [0.4, 0.5) is 11.6 Å². The minimum atomic E-state index is 0.127. The Balaban J connectivity index is 1.49. The molecule has 2 aromatic rings. The van der Waals surface area contributed by atoms with Gasteiger partial charge < -0.3 is 14.7 Å². The van der Waals surface area contributed by atoms with Gasteiger partial charge in [-0.15, -0.1) is 0 Å². The molecule has 0 bridgehead atoms. The predicted molar refractivity (Wildman–Crippen MR) is 110 cm³/mol. The lowest BCUT2D eigenvalue weighted by molar-refractivity contribution is -0.129. The molecular weight excluding hydrogens is 406 g/mol. The summed E-state index contributed by atoms with van der Waals surface area (Å²) >= 11 is 3.51. The largest absolute Gasteiger partial charge is 0.359 e. The molecule has 1 aromatic heterocycles. The number of hydrogen-bond acceptors (Lipinski definition) is 5. The number of halogens is 1. The molecule has 0 unspecified atom stereocenters. The number of hydrogen-bond donors (Lipinski definition) is 0. The van der Waals surface area contributed by atoms with Crippen LogP contribution >= 0.6 is 15.9 Å². The Hall–Kier alpha value is -2.15. The van der Waals surface area contributed by atoms with E-state index in [-0.39, 0.29) is 11.3 Å². The minimum absolute atomic E-state index is 0.127. The van der Waals surface area contributed by atoms with Crippen molar-refractivity contribution in [1.82, 2.24) is 14.9 Å². The first-order valence-electron chi connectivity index (χ1n) is 9.25. The van der Waals surface area contributed by atoms with Gasteiger partial charge in [0.2, 0.25) is 5.91 Å². The molecule has 0 N–H and O–H groups in total. The second-order valence-corrected chi connectivity index (χ2v) is 8.53. The van der Waals surface area contributed by atoms with Crippen molar-refractivity contribution in [1.29, 1.82) is 0 Å². The maximum atomic E-state index is 12.0. The van der Waals surface area contributed by atoms with E-state index in [1.54, 1.807) is 11.2 Å². The lowest BCUT2D eigenvalue weighted by atomic mass is 9.95. The van der Waals surface area contributed by atoms with E-state index in [1.165, 1.54) is 18.4 Å². The van der Waals surface area contributed by atoms with Crippen molar-refractivity contribution in [3.63, 3.8) is 0 Å². The minimum Gasteiger partial charge on any atom is -0.359 e. The summed E-state index contributed by atoms with van der Waals surface area (Å²) in [6.45, 7) is 2.82. The zero-order chi connectivity index (χ0) is 19.0. The molecule has 7 heteroatoms. The third-order valence-electron chi connectivity index (χ3n) is 5.66. The topological polar surface area (TPSA) is 52.6 Å². The number of likely N-dealkylation sites (N-methyl/N-ethyl adjacent to an activating group) is 2. The summed E-state index contributed by atoms with van der Waals surface area (Å²) in [7, 11) is 3.93. The second-order valence-electron chi connectivity index (χ2n) is 7.61. The Morgan fingerprint density at radius 2 is 1.93 bits per heavy atom. The van der Waals surface area contributed by atoms with Crippen LogP contribution in [-0.2, 0) is 10.2 Å². The normalized spacial score (nSPS) is 18.6. The number of carbonyl (C=O) groups excluding carboxylic acids is 1. The van der Waals surface area contributed by atoms with Crippen molar-refractivity contribution in [3.8, 4) is 0 Å². The lowest BCUT2D eigenvalue weighted by Crippen LogP contribution is -2.48. The Labute approximate surface area is 168 Å². The fraction of sp³-hybridized carbons (Fsp3) is 0.450. The fourth-order valence-electron chi connectivity index (χ4n) is 3.70. The van der Waals surface area contributed by atoms with Gasteiger partial charge in [-0.3, -0.25) is 4.79 Å². The number of anilines is 2. The van der Waals surface area contributed by atoms with Crippen molar-refractivity contribution in [2.24, 2.45) is 0 Å². The summed E-state index contributed by atoms with van der Waals surface area (Å²) in [4.78, 5) is 26.9. The monoisotopic (exact) mass is 429 g/mol. The maximum absolute atomic E-state index is 12.0. The van der Waals surface area contributed by atoms with Gasteiger partial charge in [0.1, 0.15) is 18.0 Å². The van der Waals surface area contributed by atoms with Gasteiger partial charge in [0.25, 0.3) is 0 Å². The summed E-state index contributed by atoms with van der Waals surface area (Å²) < 4.78 is 1.11. The summed E-state index contributed by atoms with van der Waals surface area (Å²) in [6.07, 6.45) is 4.00. The molecule has 2 fully saturated rings. The van der Waals surface area contributed by atoms with Crippen LogP contribution in [0.2, 0.25) is 0 Å². The molecule has 1 aliphatic heterocycles. The molecule has 0 spiro atoms. The Morgan fingerprint density at radius 1 is 1.19 bits per heavy atom. The highest BCUT2D eigenvalue weighted by Gasteiger charge is 2.45. The number of aromatic nitrogens is 2. The van der Waals surface area contributed by atoms with Crippen LogP contribution in [0.1, 0.15) is 18.4 Å². The SMILES string of the molecule is CN1CCN(c2cc(N(C)CC3(c4ccc(Br)cc4)CC3)ncn2)CC1=O. The van der Waals surface area contributed by atoms with Crippen LogP contribution < -0.4 is 9.80 Å². The van der Waals surface area contributed by atoms with E-state index in [2.05, 4.69) is 62.1 Å². The highest BCUT2D eigenvalue weighted by Crippen LogP contribution is 2.49. The third kappa shape index (κ3) is 3.78. The molecule has 1 saturated heterocycles. The summed E-state index contributed by atoms with van der Waals surface area (Å²) in [5.41, 5.74) is 1.60. The van der Waals surface area contributed by atoms with Gasteiger partial charge >= 0.3 is 0 Å². The zero-order valence-corrected chi connectivity index (χ0v) is 17.3. The summed E-state index contributed by atoms with van der Waals surface area (Å²) in [5.74, 6) is 1.85. The van der Waals surface area contributed by atoms with E-state index >= 15 is 0 Å². The third-order valence-corrected chi connectivity index (χ3v) is 6.19. The first kappa shape index (κ1) is 18.2. The van der Waals surface area contributed by atoms with Gasteiger partial charge in [-0.2, -0.15) is 0 Å². The lowest BCUT2D eigenvalue weighted by Gasteiger charge is -2.33. The molecule has 142 valence electrons.